The maximum atomic E-state index is 12.4. The van der Waals surface area contributed by atoms with Crippen molar-refractivity contribution in [3.63, 3.8) is 0 Å². The Morgan fingerprint density at radius 2 is 2.10 bits per heavy atom. The van der Waals surface area contributed by atoms with Gasteiger partial charge >= 0.3 is 0 Å². The molecule has 1 amide bonds. The first-order chi connectivity index (χ1) is 9.66. The molecule has 1 aromatic rings. The molecule has 0 bridgehead atoms. The molecule has 0 aliphatic rings. The molecule has 0 fully saturated rings. The lowest BCUT2D eigenvalue weighted by Crippen LogP contribution is -2.32. The summed E-state index contributed by atoms with van der Waals surface area (Å²) in [5.41, 5.74) is 0.287. The maximum Gasteiger partial charge on any atom is 0.270 e. The molecule has 1 heterocycles. The predicted octanol–water partition coefficient (Wildman–Crippen LogP) is 1.79. The number of hydrogen-bond donors (Lipinski definition) is 0. The van der Waals surface area contributed by atoms with Gasteiger partial charge in [0.05, 0.1) is 6.61 Å². The Kier molecular flexibility index (Phi) is 6.24. The maximum absolute atomic E-state index is 12.4. The third kappa shape index (κ3) is 5.01. The molecule has 0 aliphatic heterocycles. The van der Waals surface area contributed by atoms with Crippen LogP contribution in [-0.4, -0.2) is 51.1 Å². The first-order valence-corrected chi connectivity index (χ1v) is 8.87. The first-order valence-electron chi connectivity index (χ1n) is 6.56. The summed E-state index contributed by atoms with van der Waals surface area (Å²) in [6.45, 7) is 5.33. The Morgan fingerprint density at radius 3 is 2.57 bits per heavy atom. The number of ether oxygens (including phenoxy) is 1. The molecule has 0 spiro atoms. The van der Waals surface area contributed by atoms with Crippen LogP contribution in [0.15, 0.2) is 17.2 Å². The number of halogens is 1. The Morgan fingerprint density at radius 1 is 1.48 bits per heavy atom. The fourth-order valence-corrected chi connectivity index (χ4v) is 2.76. The van der Waals surface area contributed by atoms with Gasteiger partial charge in [0, 0.05) is 44.1 Å². The van der Waals surface area contributed by atoms with E-state index >= 15 is 0 Å². The Labute approximate surface area is 130 Å². The van der Waals surface area contributed by atoms with E-state index in [0.29, 0.717) is 25.6 Å². The molecule has 1 aromatic heterocycles. The van der Waals surface area contributed by atoms with Crippen LogP contribution in [0.2, 0.25) is 0 Å². The van der Waals surface area contributed by atoms with Gasteiger partial charge in [0.2, 0.25) is 0 Å². The van der Waals surface area contributed by atoms with Crippen LogP contribution < -0.4 is 0 Å². The standard InChI is InChI=1S/C13H21ClN2O4S/c1-10(2)8-15(3)13(17)12-7-11(21(14,18)19)9-16(12)5-6-20-4/h7,9-10H,5-6,8H2,1-4H3. The lowest BCUT2D eigenvalue weighted by molar-refractivity contribution is 0.0766. The predicted molar refractivity (Wildman–Crippen MR) is 81.1 cm³/mol. The highest BCUT2D eigenvalue weighted by Crippen LogP contribution is 2.20. The number of carbonyl (C=O) groups excluding carboxylic acids is 1. The fourth-order valence-electron chi connectivity index (χ4n) is 2.00. The van der Waals surface area contributed by atoms with Crippen molar-refractivity contribution in [3.8, 4) is 0 Å². The van der Waals surface area contributed by atoms with Crippen LogP contribution in [0.25, 0.3) is 0 Å². The van der Waals surface area contributed by atoms with Crippen LogP contribution in [0.5, 0.6) is 0 Å². The van der Waals surface area contributed by atoms with E-state index < -0.39 is 9.05 Å². The number of methoxy groups -OCH3 is 1. The molecule has 0 atom stereocenters. The van der Waals surface area contributed by atoms with Crippen molar-refractivity contribution >= 4 is 25.6 Å². The minimum Gasteiger partial charge on any atom is -0.383 e. The van der Waals surface area contributed by atoms with Crippen molar-refractivity contribution in [2.24, 2.45) is 5.92 Å². The van der Waals surface area contributed by atoms with E-state index in [1.165, 1.54) is 19.4 Å². The second-order valence-electron chi connectivity index (χ2n) is 5.26. The van der Waals surface area contributed by atoms with E-state index in [-0.39, 0.29) is 16.5 Å². The highest BCUT2D eigenvalue weighted by atomic mass is 35.7. The summed E-state index contributed by atoms with van der Waals surface area (Å²) in [7, 11) is 4.70. The Balaban J connectivity index is 3.13. The van der Waals surface area contributed by atoms with Crippen LogP contribution in [0.3, 0.4) is 0 Å². The average molecular weight is 337 g/mol. The van der Waals surface area contributed by atoms with Crippen molar-refractivity contribution in [1.82, 2.24) is 9.47 Å². The van der Waals surface area contributed by atoms with Crippen LogP contribution in [-0.2, 0) is 20.3 Å². The third-order valence-electron chi connectivity index (χ3n) is 2.89. The fraction of sp³-hybridized carbons (Fsp3) is 0.615. The van der Waals surface area contributed by atoms with E-state index in [9.17, 15) is 13.2 Å². The molecule has 0 aliphatic carbocycles. The van der Waals surface area contributed by atoms with Crippen LogP contribution in [0.1, 0.15) is 24.3 Å². The van der Waals surface area contributed by atoms with Gasteiger partial charge in [-0.05, 0) is 12.0 Å². The van der Waals surface area contributed by atoms with Gasteiger partial charge in [0.1, 0.15) is 10.6 Å². The zero-order valence-electron chi connectivity index (χ0n) is 12.7. The van der Waals surface area contributed by atoms with Crippen LogP contribution in [0, 0.1) is 5.92 Å². The highest BCUT2D eigenvalue weighted by molar-refractivity contribution is 8.13. The molecule has 6 nitrogen and oxygen atoms in total. The van der Waals surface area contributed by atoms with Gasteiger partial charge in [0.25, 0.3) is 15.0 Å². The SMILES string of the molecule is COCCn1cc(S(=O)(=O)Cl)cc1C(=O)N(C)CC(C)C. The van der Waals surface area contributed by atoms with Gasteiger partial charge < -0.3 is 14.2 Å². The van der Waals surface area contributed by atoms with Crippen LogP contribution in [0.4, 0.5) is 0 Å². The Hall–Kier alpha value is -1.05. The number of hydrogen-bond acceptors (Lipinski definition) is 4. The lowest BCUT2D eigenvalue weighted by Gasteiger charge is -2.20. The summed E-state index contributed by atoms with van der Waals surface area (Å²) < 4.78 is 29.4. The largest absolute Gasteiger partial charge is 0.383 e. The topological polar surface area (TPSA) is 68.6 Å². The van der Waals surface area contributed by atoms with Crippen molar-refractivity contribution in [3.05, 3.63) is 18.0 Å². The normalized spacial score (nSPS) is 11.9. The molecular weight excluding hydrogens is 316 g/mol. The first kappa shape index (κ1) is 18.0. The van der Waals surface area contributed by atoms with E-state index in [2.05, 4.69) is 0 Å². The summed E-state index contributed by atoms with van der Waals surface area (Å²) >= 11 is 0. The van der Waals surface area contributed by atoms with Gasteiger partial charge in [-0.3, -0.25) is 4.79 Å². The molecule has 0 radical (unpaired) electrons. The minimum atomic E-state index is -3.87. The number of aromatic nitrogens is 1. The summed E-state index contributed by atoms with van der Waals surface area (Å²) in [5.74, 6) is 0.0731. The van der Waals surface area contributed by atoms with Crippen molar-refractivity contribution in [1.29, 1.82) is 0 Å². The Bertz CT molecular complexity index is 595. The molecular formula is C13H21ClN2O4S. The lowest BCUT2D eigenvalue weighted by atomic mass is 10.2. The smallest absolute Gasteiger partial charge is 0.270 e. The molecule has 0 saturated heterocycles. The highest BCUT2D eigenvalue weighted by Gasteiger charge is 2.22. The molecule has 8 heteroatoms. The van der Waals surface area contributed by atoms with E-state index in [4.69, 9.17) is 15.4 Å². The molecule has 1 rings (SSSR count). The van der Waals surface area contributed by atoms with Crippen molar-refractivity contribution in [2.45, 2.75) is 25.3 Å². The number of carbonyl (C=O) groups is 1. The average Bonchev–Trinajstić information content (AvgIpc) is 2.78. The van der Waals surface area contributed by atoms with Crippen molar-refractivity contribution in [2.75, 3.05) is 27.3 Å². The van der Waals surface area contributed by atoms with Gasteiger partial charge in [-0.2, -0.15) is 0 Å². The van der Waals surface area contributed by atoms with Gasteiger partial charge in [0.15, 0.2) is 0 Å². The quantitative estimate of drug-likeness (QED) is 0.712. The zero-order valence-corrected chi connectivity index (χ0v) is 14.2. The van der Waals surface area contributed by atoms with E-state index in [1.54, 1.807) is 16.5 Å². The molecule has 0 aromatic carbocycles. The molecule has 120 valence electrons. The third-order valence-corrected chi connectivity index (χ3v) is 4.22. The molecule has 0 unspecified atom stereocenters. The second-order valence-corrected chi connectivity index (χ2v) is 7.83. The van der Waals surface area contributed by atoms with E-state index in [0.717, 1.165) is 0 Å². The monoisotopic (exact) mass is 336 g/mol. The van der Waals surface area contributed by atoms with Crippen molar-refractivity contribution < 1.29 is 17.9 Å². The summed E-state index contributed by atoms with van der Waals surface area (Å²) in [6, 6.07) is 1.30. The minimum absolute atomic E-state index is 0.0819. The summed E-state index contributed by atoms with van der Waals surface area (Å²) in [4.78, 5) is 13.9. The van der Waals surface area contributed by atoms with Crippen LogP contribution >= 0.6 is 10.7 Å². The zero-order chi connectivity index (χ0) is 16.2. The van der Waals surface area contributed by atoms with Gasteiger partial charge in [-0.1, -0.05) is 13.8 Å². The van der Waals surface area contributed by atoms with Gasteiger partial charge in [-0.25, -0.2) is 8.42 Å². The van der Waals surface area contributed by atoms with Gasteiger partial charge in [-0.15, -0.1) is 0 Å². The molecule has 0 N–H and O–H groups in total. The van der Waals surface area contributed by atoms with E-state index in [1.807, 2.05) is 13.8 Å². The summed E-state index contributed by atoms with van der Waals surface area (Å²) in [6.07, 6.45) is 1.36. The molecule has 0 saturated carbocycles. The number of rotatable bonds is 7. The number of nitrogens with zero attached hydrogens (tertiary/aromatic N) is 2. The summed E-state index contributed by atoms with van der Waals surface area (Å²) in [5, 5.41) is 0. The second kappa shape index (κ2) is 7.29. The number of amides is 1. The molecule has 21 heavy (non-hydrogen) atoms.